The molecule has 0 aliphatic carbocycles. The molecule has 1 fully saturated rings. The van der Waals surface area contributed by atoms with Crippen LogP contribution in [-0.4, -0.2) is 31.9 Å². The van der Waals surface area contributed by atoms with Crippen LogP contribution in [0.3, 0.4) is 0 Å². The van der Waals surface area contributed by atoms with E-state index in [0.717, 1.165) is 12.1 Å². The molecule has 106 valence electrons. The minimum Gasteiger partial charge on any atom is -0.327 e. The van der Waals surface area contributed by atoms with Gasteiger partial charge < -0.3 is 5.73 Å². The lowest BCUT2D eigenvalue weighted by Crippen LogP contribution is -2.48. The highest BCUT2D eigenvalue weighted by atomic mass is 32.2. The Morgan fingerprint density at radius 2 is 1.84 bits per heavy atom. The zero-order valence-electron chi connectivity index (χ0n) is 10.5. The van der Waals surface area contributed by atoms with Crippen LogP contribution in [0.1, 0.15) is 13.3 Å². The Kier molecular flexibility index (Phi) is 3.89. The quantitative estimate of drug-likeness (QED) is 0.893. The van der Waals surface area contributed by atoms with Crippen molar-refractivity contribution in [3.05, 3.63) is 29.8 Å². The Labute approximate surface area is 111 Å². The number of hydrogen-bond donors (Lipinski definition) is 1. The van der Waals surface area contributed by atoms with Gasteiger partial charge in [0, 0.05) is 25.2 Å². The molecule has 0 saturated carbocycles. The van der Waals surface area contributed by atoms with Gasteiger partial charge in [0.2, 0.25) is 10.0 Å². The van der Waals surface area contributed by atoms with Gasteiger partial charge in [-0.2, -0.15) is 4.31 Å². The third-order valence-corrected chi connectivity index (χ3v) is 5.25. The van der Waals surface area contributed by atoms with Crippen LogP contribution in [-0.2, 0) is 10.0 Å². The van der Waals surface area contributed by atoms with Crippen LogP contribution in [0.25, 0.3) is 0 Å². The Morgan fingerprint density at radius 1 is 1.26 bits per heavy atom. The molecule has 4 nitrogen and oxygen atoms in total. The molecular weight excluding hydrogens is 274 g/mol. The van der Waals surface area contributed by atoms with Gasteiger partial charge in [-0.05, 0) is 24.5 Å². The van der Waals surface area contributed by atoms with Gasteiger partial charge in [-0.1, -0.05) is 6.92 Å². The lowest BCUT2D eigenvalue weighted by molar-refractivity contribution is 0.250. The highest BCUT2D eigenvalue weighted by molar-refractivity contribution is 7.89. The number of piperidine rings is 1. The summed E-state index contributed by atoms with van der Waals surface area (Å²) in [7, 11) is -3.87. The number of halogens is 2. The van der Waals surface area contributed by atoms with Crippen molar-refractivity contribution in [1.29, 1.82) is 0 Å². The van der Waals surface area contributed by atoms with Gasteiger partial charge in [0.1, 0.15) is 11.6 Å². The molecule has 0 bridgehead atoms. The molecule has 0 radical (unpaired) electrons. The van der Waals surface area contributed by atoms with E-state index in [4.69, 9.17) is 5.73 Å². The van der Waals surface area contributed by atoms with E-state index in [1.54, 1.807) is 0 Å². The average Bonchev–Trinajstić information content (AvgIpc) is 2.31. The molecular formula is C12H16F2N2O2S. The molecule has 1 aliphatic rings. The van der Waals surface area contributed by atoms with Crippen molar-refractivity contribution in [2.24, 2.45) is 11.7 Å². The fourth-order valence-electron chi connectivity index (χ4n) is 2.17. The first kappa shape index (κ1) is 14.4. The van der Waals surface area contributed by atoms with Gasteiger partial charge in [0.15, 0.2) is 0 Å². The summed E-state index contributed by atoms with van der Waals surface area (Å²) in [4.78, 5) is -0.354. The smallest absolute Gasteiger partial charge is 0.243 e. The minimum absolute atomic E-state index is 0.0157. The van der Waals surface area contributed by atoms with E-state index in [-0.39, 0.29) is 29.9 Å². The first-order chi connectivity index (χ1) is 8.80. The molecule has 7 heteroatoms. The number of rotatable bonds is 2. The Balaban J connectivity index is 2.32. The molecule has 1 saturated heterocycles. The molecule has 1 aromatic carbocycles. The van der Waals surface area contributed by atoms with Crippen LogP contribution < -0.4 is 5.73 Å². The van der Waals surface area contributed by atoms with Crippen LogP contribution in [0.2, 0.25) is 0 Å². The van der Waals surface area contributed by atoms with E-state index in [2.05, 4.69) is 0 Å². The fraction of sp³-hybridized carbons (Fsp3) is 0.500. The van der Waals surface area contributed by atoms with Crippen molar-refractivity contribution in [2.45, 2.75) is 24.3 Å². The second kappa shape index (κ2) is 5.15. The van der Waals surface area contributed by atoms with Gasteiger partial charge in [-0.25, -0.2) is 17.2 Å². The monoisotopic (exact) mass is 290 g/mol. The van der Waals surface area contributed by atoms with E-state index >= 15 is 0 Å². The van der Waals surface area contributed by atoms with Crippen molar-refractivity contribution >= 4 is 10.0 Å². The SMILES string of the molecule is CC1CN(S(=O)(=O)c2cc(F)cc(F)c2)CCC1N. The first-order valence-corrected chi connectivity index (χ1v) is 7.46. The summed E-state index contributed by atoms with van der Waals surface area (Å²) in [6.45, 7) is 2.39. The first-order valence-electron chi connectivity index (χ1n) is 6.02. The molecule has 19 heavy (non-hydrogen) atoms. The Morgan fingerprint density at radius 3 is 2.37 bits per heavy atom. The molecule has 1 aliphatic heterocycles. The lowest BCUT2D eigenvalue weighted by atomic mass is 9.96. The maximum Gasteiger partial charge on any atom is 0.243 e. The summed E-state index contributed by atoms with van der Waals surface area (Å²) in [6.07, 6.45) is 0.540. The second-order valence-electron chi connectivity index (χ2n) is 4.90. The predicted octanol–water partition coefficient (Wildman–Crippen LogP) is 1.32. The van der Waals surface area contributed by atoms with E-state index in [9.17, 15) is 17.2 Å². The number of nitrogens with zero attached hydrogens (tertiary/aromatic N) is 1. The van der Waals surface area contributed by atoms with Crippen molar-refractivity contribution in [2.75, 3.05) is 13.1 Å². The molecule has 2 rings (SSSR count). The molecule has 0 amide bonds. The van der Waals surface area contributed by atoms with Gasteiger partial charge in [0.05, 0.1) is 4.90 Å². The standard InChI is InChI=1S/C12H16F2N2O2S/c1-8-7-16(3-2-12(8)15)19(17,18)11-5-9(13)4-10(14)6-11/h4-6,8,12H,2-3,7,15H2,1H3. The van der Waals surface area contributed by atoms with Crippen LogP contribution >= 0.6 is 0 Å². The summed E-state index contributed by atoms with van der Waals surface area (Å²) in [5, 5.41) is 0. The third-order valence-electron chi connectivity index (χ3n) is 3.41. The van der Waals surface area contributed by atoms with E-state index in [1.807, 2.05) is 6.92 Å². The summed E-state index contributed by atoms with van der Waals surface area (Å²) < 4.78 is 52.1. The van der Waals surface area contributed by atoms with E-state index in [0.29, 0.717) is 12.5 Å². The summed E-state index contributed by atoms with van der Waals surface area (Å²) >= 11 is 0. The van der Waals surface area contributed by atoms with Crippen LogP contribution in [0.15, 0.2) is 23.1 Å². The zero-order chi connectivity index (χ0) is 14.2. The fourth-order valence-corrected chi connectivity index (χ4v) is 3.77. The highest BCUT2D eigenvalue weighted by Gasteiger charge is 2.32. The molecule has 2 unspecified atom stereocenters. The second-order valence-corrected chi connectivity index (χ2v) is 6.84. The Bertz CT molecular complexity index is 557. The topological polar surface area (TPSA) is 63.4 Å². The summed E-state index contributed by atoms with van der Waals surface area (Å²) in [5.41, 5.74) is 5.83. The van der Waals surface area contributed by atoms with Gasteiger partial charge in [-0.15, -0.1) is 0 Å². The van der Waals surface area contributed by atoms with E-state index < -0.39 is 21.7 Å². The minimum atomic E-state index is -3.87. The molecule has 1 aromatic rings. The maximum atomic E-state index is 13.1. The normalized spacial score (nSPS) is 25.5. The van der Waals surface area contributed by atoms with Gasteiger partial charge in [0.25, 0.3) is 0 Å². The lowest BCUT2D eigenvalue weighted by Gasteiger charge is -2.34. The van der Waals surface area contributed by atoms with Crippen molar-refractivity contribution in [3.63, 3.8) is 0 Å². The number of nitrogens with two attached hydrogens (primary N) is 1. The van der Waals surface area contributed by atoms with Gasteiger partial charge >= 0.3 is 0 Å². The molecule has 0 spiro atoms. The molecule has 0 aromatic heterocycles. The van der Waals surface area contributed by atoms with Crippen molar-refractivity contribution in [3.8, 4) is 0 Å². The Hall–Kier alpha value is -1.05. The van der Waals surface area contributed by atoms with Gasteiger partial charge in [-0.3, -0.25) is 0 Å². The molecule has 1 heterocycles. The average molecular weight is 290 g/mol. The number of sulfonamides is 1. The summed E-state index contributed by atoms with van der Waals surface area (Å²) in [5.74, 6) is -1.79. The predicted molar refractivity (Wildman–Crippen MR) is 66.9 cm³/mol. The molecule has 2 N–H and O–H groups in total. The maximum absolute atomic E-state index is 13.1. The largest absolute Gasteiger partial charge is 0.327 e. The van der Waals surface area contributed by atoms with Crippen LogP contribution in [0.5, 0.6) is 0 Å². The van der Waals surface area contributed by atoms with Crippen LogP contribution in [0.4, 0.5) is 8.78 Å². The molecule has 2 atom stereocenters. The summed E-state index contributed by atoms with van der Waals surface area (Å²) in [6, 6.07) is 2.26. The third kappa shape index (κ3) is 2.93. The zero-order valence-corrected chi connectivity index (χ0v) is 11.3. The van der Waals surface area contributed by atoms with Crippen molar-refractivity contribution < 1.29 is 17.2 Å². The van der Waals surface area contributed by atoms with E-state index in [1.165, 1.54) is 4.31 Å². The number of hydrogen-bond acceptors (Lipinski definition) is 3. The van der Waals surface area contributed by atoms with Crippen LogP contribution in [0, 0.1) is 17.6 Å². The highest BCUT2D eigenvalue weighted by Crippen LogP contribution is 2.24. The van der Waals surface area contributed by atoms with Crippen molar-refractivity contribution in [1.82, 2.24) is 4.31 Å². The number of benzene rings is 1.